The molecule has 0 saturated carbocycles. The standard InChI is InChI=1S/C25H28N2O6S2/c1-4-32-19-9-7-18(8-10-19)26-23(28)16-33-20-11-6-17(14-21(20)31-3)15-22-24(29)27(25(34)35-22)12-5-13-30-2/h6-11,14-15H,4-5,12-13,16H2,1-3H3,(H,26,28)/b22-15-. The van der Waals surface area contributed by atoms with Crippen molar-refractivity contribution in [1.29, 1.82) is 0 Å². The van der Waals surface area contributed by atoms with Crippen LogP contribution in [0.2, 0.25) is 0 Å². The molecule has 1 aliphatic heterocycles. The number of methoxy groups -OCH3 is 2. The Balaban J connectivity index is 1.60. The molecule has 2 aromatic rings. The maximum atomic E-state index is 12.7. The fourth-order valence-corrected chi connectivity index (χ4v) is 4.55. The molecule has 0 aromatic heterocycles. The molecular formula is C25H28N2O6S2. The third kappa shape index (κ3) is 7.45. The monoisotopic (exact) mass is 516 g/mol. The highest BCUT2D eigenvalue weighted by atomic mass is 32.2. The number of rotatable bonds is 12. The van der Waals surface area contributed by atoms with E-state index >= 15 is 0 Å². The predicted octanol–water partition coefficient (Wildman–Crippen LogP) is 4.35. The van der Waals surface area contributed by atoms with Crippen LogP contribution in [0.4, 0.5) is 5.69 Å². The minimum atomic E-state index is -0.308. The Morgan fingerprint density at radius 3 is 2.57 bits per heavy atom. The summed E-state index contributed by atoms with van der Waals surface area (Å²) in [5.74, 6) is 1.17. The van der Waals surface area contributed by atoms with Gasteiger partial charge in [-0.1, -0.05) is 30.0 Å². The van der Waals surface area contributed by atoms with Crippen molar-refractivity contribution in [2.75, 3.05) is 45.9 Å². The maximum absolute atomic E-state index is 12.7. The first-order valence-electron chi connectivity index (χ1n) is 11.0. The van der Waals surface area contributed by atoms with Crippen molar-refractivity contribution in [3.05, 3.63) is 52.9 Å². The fourth-order valence-electron chi connectivity index (χ4n) is 3.25. The summed E-state index contributed by atoms with van der Waals surface area (Å²) in [6.45, 7) is 3.38. The van der Waals surface area contributed by atoms with Gasteiger partial charge < -0.3 is 24.3 Å². The summed E-state index contributed by atoms with van der Waals surface area (Å²) in [6.07, 6.45) is 2.47. The van der Waals surface area contributed by atoms with E-state index in [0.717, 1.165) is 11.3 Å². The fraction of sp³-hybridized carbons (Fsp3) is 0.320. The van der Waals surface area contributed by atoms with E-state index in [9.17, 15) is 9.59 Å². The van der Waals surface area contributed by atoms with Crippen molar-refractivity contribution in [3.8, 4) is 17.2 Å². The van der Waals surface area contributed by atoms with E-state index in [1.807, 2.05) is 6.92 Å². The van der Waals surface area contributed by atoms with Crippen LogP contribution in [0.3, 0.4) is 0 Å². The van der Waals surface area contributed by atoms with E-state index in [1.54, 1.807) is 60.6 Å². The number of benzene rings is 2. The van der Waals surface area contributed by atoms with Gasteiger partial charge in [-0.15, -0.1) is 0 Å². The van der Waals surface area contributed by atoms with Crippen LogP contribution in [0.25, 0.3) is 6.08 Å². The van der Waals surface area contributed by atoms with Crippen LogP contribution in [0.5, 0.6) is 17.2 Å². The minimum absolute atomic E-state index is 0.124. The van der Waals surface area contributed by atoms with Gasteiger partial charge in [0.2, 0.25) is 0 Å². The first kappa shape index (κ1) is 26.5. The van der Waals surface area contributed by atoms with E-state index in [4.69, 9.17) is 31.2 Å². The molecule has 8 nitrogen and oxygen atoms in total. The molecule has 1 N–H and O–H groups in total. The first-order valence-corrected chi connectivity index (χ1v) is 12.3. The van der Waals surface area contributed by atoms with Crippen molar-refractivity contribution in [2.24, 2.45) is 0 Å². The molecule has 0 bridgehead atoms. The topological polar surface area (TPSA) is 86.3 Å². The number of ether oxygens (including phenoxy) is 4. The molecule has 1 aliphatic rings. The van der Waals surface area contributed by atoms with Gasteiger partial charge in [0.15, 0.2) is 18.1 Å². The molecule has 10 heteroatoms. The summed E-state index contributed by atoms with van der Waals surface area (Å²) in [6, 6.07) is 12.3. The summed E-state index contributed by atoms with van der Waals surface area (Å²) < 4.78 is 22.1. The van der Waals surface area contributed by atoms with Gasteiger partial charge >= 0.3 is 0 Å². The number of hydrogen-bond donors (Lipinski definition) is 1. The number of thiocarbonyl (C=S) groups is 1. The number of nitrogens with one attached hydrogen (secondary N) is 1. The molecule has 0 aliphatic carbocycles. The summed E-state index contributed by atoms with van der Waals surface area (Å²) >= 11 is 6.62. The first-order chi connectivity index (χ1) is 16.9. The average molecular weight is 517 g/mol. The number of hydrogen-bond acceptors (Lipinski definition) is 8. The Bertz CT molecular complexity index is 1090. The number of anilines is 1. The van der Waals surface area contributed by atoms with E-state index in [-0.39, 0.29) is 18.4 Å². The van der Waals surface area contributed by atoms with Crippen molar-refractivity contribution < 1.29 is 28.5 Å². The number of nitrogens with zero attached hydrogens (tertiary/aromatic N) is 1. The Morgan fingerprint density at radius 2 is 1.89 bits per heavy atom. The molecule has 186 valence electrons. The second-order valence-electron chi connectivity index (χ2n) is 7.38. The van der Waals surface area contributed by atoms with Crippen molar-refractivity contribution in [1.82, 2.24) is 4.90 Å². The number of amides is 2. The van der Waals surface area contributed by atoms with Crippen LogP contribution in [0, 0.1) is 0 Å². The minimum Gasteiger partial charge on any atom is -0.494 e. The van der Waals surface area contributed by atoms with Gasteiger partial charge in [0.25, 0.3) is 11.8 Å². The van der Waals surface area contributed by atoms with Gasteiger partial charge in [0.05, 0.1) is 18.6 Å². The zero-order chi connectivity index (χ0) is 25.2. The zero-order valence-electron chi connectivity index (χ0n) is 19.9. The van der Waals surface area contributed by atoms with Crippen LogP contribution in [0.15, 0.2) is 47.4 Å². The van der Waals surface area contributed by atoms with Crippen molar-refractivity contribution >= 4 is 51.9 Å². The SMILES string of the molecule is CCOc1ccc(NC(=O)COc2ccc(/C=C3\SC(=S)N(CCCOC)C3=O)cc2OC)cc1. The van der Waals surface area contributed by atoms with E-state index < -0.39 is 0 Å². The third-order valence-corrected chi connectivity index (χ3v) is 6.27. The average Bonchev–Trinajstić information content (AvgIpc) is 3.12. The second-order valence-corrected chi connectivity index (χ2v) is 9.06. The molecule has 2 aromatic carbocycles. The highest BCUT2D eigenvalue weighted by molar-refractivity contribution is 8.26. The lowest BCUT2D eigenvalue weighted by Crippen LogP contribution is -2.29. The Morgan fingerprint density at radius 1 is 1.11 bits per heavy atom. The Kier molecular flexibility index (Phi) is 9.95. The second kappa shape index (κ2) is 13.1. The van der Waals surface area contributed by atoms with Crippen LogP contribution in [-0.2, 0) is 14.3 Å². The van der Waals surface area contributed by atoms with E-state index in [1.165, 1.54) is 18.9 Å². The third-order valence-electron chi connectivity index (χ3n) is 4.90. The maximum Gasteiger partial charge on any atom is 0.266 e. The van der Waals surface area contributed by atoms with Gasteiger partial charge in [0.1, 0.15) is 10.1 Å². The molecule has 0 spiro atoms. The number of thioether (sulfide) groups is 1. The molecule has 1 saturated heterocycles. The van der Waals surface area contributed by atoms with Crippen LogP contribution < -0.4 is 19.5 Å². The van der Waals surface area contributed by atoms with Crippen LogP contribution in [-0.4, -0.2) is 61.6 Å². The van der Waals surface area contributed by atoms with E-state index in [0.29, 0.717) is 52.6 Å². The highest BCUT2D eigenvalue weighted by Crippen LogP contribution is 2.34. The van der Waals surface area contributed by atoms with Gasteiger partial charge in [-0.05, 0) is 61.4 Å². The quantitative estimate of drug-likeness (QED) is 0.253. The largest absolute Gasteiger partial charge is 0.494 e. The summed E-state index contributed by atoms with van der Waals surface area (Å²) in [4.78, 5) is 27.1. The summed E-state index contributed by atoms with van der Waals surface area (Å²) in [5.41, 5.74) is 1.40. The lowest BCUT2D eigenvalue weighted by molar-refractivity contribution is -0.122. The van der Waals surface area contributed by atoms with Gasteiger partial charge in [-0.2, -0.15) is 0 Å². The molecule has 3 rings (SSSR count). The van der Waals surface area contributed by atoms with Gasteiger partial charge in [0, 0.05) is 25.9 Å². The molecule has 35 heavy (non-hydrogen) atoms. The van der Waals surface area contributed by atoms with Crippen LogP contribution in [0.1, 0.15) is 18.9 Å². The zero-order valence-corrected chi connectivity index (χ0v) is 21.5. The van der Waals surface area contributed by atoms with Crippen molar-refractivity contribution in [2.45, 2.75) is 13.3 Å². The highest BCUT2D eigenvalue weighted by Gasteiger charge is 2.31. The smallest absolute Gasteiger partial charge is 0.266 e. The van der Waals surface area contributed by atoms with Gasteiger partial charge in [-0.25, -0.2) is 0 Å². The van der Waals surface area contributed by atoms with Crippen LogP contribution >= 0.6 is 24.0 Å². The van der Waals surface area contributed by atoms with Gasteiger partial charge in [-0.3, -0.25) is 14.5 Å². The Hall–Kier alpha value is -3.08. The Labute approximate surface area is 214 Å². The molecule has 2 amide bonds. The predicted molar refractivity (Wildman–Crippen MR) is 141 cm³/mol. The van der Waals surface area contributed by atoms with Crippen molar-refractivity contribution in [3.63, 3.8) is 0 Å². The number of carbonyl (C=O) groups excluding carboxylic acids is 2. The lowest BCUT2D eigenvalue weighted by atomic mass is 10.2. The van der Waals surface area contributed by atoms with E-state index in [2.05, 4.69) is 5.32 Å². The summed E-state index contributed by atoms with van der Waals surface area (Å²) in [5, 5.41) is 2.78. The lowest BCUT2D eigenvalue weighted by Gasteiger charge is -2.13. The summed E-state index contributed by atoms with van der Waals surface area (Å²) in [7, 11) is 3.14. The molecule has 0 radical (unpaired) electrons. The molecule has 1 heterocycles. The molecule has 1 fully saturated rings. The normalized spacial score (nSPS) is 14.4. The molecule has 0 unspecified atom stereocenters. The molecule has 0 atom stereocenters. The number of carbonyl (C=O) groups is 2. The molecular weight excluding hydrogens is 488 g/mol.